The van der Waals surface area contributed by atoms with Crippen LogP contribution in [0.25, 0.3) is 0 Å². The minimum atomic E-state index is -3.77. The minimum absolute atomic E-state index is 0.221. The SMILES string of the molecule is CC(C)(C)NS(=O)(=O)c1ccc[n+]([O-])c1Cl. The van der Waals surface area contributed by atoms with Gasteiger partial charge in [-0.1, -0.05) is 0 Å². The second-order valence-electron chi connectivity index (χ2n) is 4.34. The Hall–Kier alpha value is -0.850. The lowest BCUT2D eigenvalue weighted by atomic mass is 10.1. The van der Waals surface area contributed by atoms with Crippen LogP contribution >= 0.6 is 11.6 Å². The standard InChI is InChI=1S/C9H13ClN2O3S/c1-9(2,3)11-16(14,15)7-5-4-6-12(13)8(7)10/h4-6,11H,1-3H3. The van der Waals surface area contributed by atoms with Gasteiger partial charge in [0.2, 0.25) is 10.0 Å². The van der Waals surface area contributed by atoms with Crippen molar-refractivity contribution in [3.8, 4) is 0 Å². The fourth-order valence-corrected chi connectivity index (χ4v) is 3.02. The Morgan fingerprint density at radius 2 is 2.00 bits per heavy atom. The summed E-state index contributed by atoms with van der Waals surface area (Å²) in [5, 5.41) is 10.8. The molecule has 1 heterocycles. The van der Waals surface area contributed by atoms with Gasteiger partial charge >= 0.3 is 5.15 Å². The fraction of sp³-hybridized carbons (Fsp3) is 0.444. The quantitative estimate of drug-likeness (QED) is 0.493. The van der Waals surface area contributed by atoms with Crippen molar-refractivity contribution in [3.05, 3.63) is 28.7 Å². The summed E-state index contributed by atoms with van der Waals surface area (Å²) in [4.78, 5) is -0.221. The molecule has 0 atom stereocenters. The highest BCUT2D eigenvalue weighted by molar-refractivity contribution is 7.89. The number of halogens is 1. The van der Waals surface area contributed by atoms with Gasteiger partial charge in [-0.05, 0) is 38.4 Å². The van der Waals surface area contributed by atoms with Crippen LogP contribution in [0.15, 0.2) is 23.2 Å². The second kappa shape index (κ2) is 4.20. The highest BCUT2D eigenvalue weighted by Crippen LogP contribution is 2.18. The zero-order valence-electron chi connectivity index (χ0n) is 9.19. The van der Waals surface area contributed by atoms with Crippen molar-refractivity contribution in [2.24, 2.45) is 0 Å². The van der Waals surface area contributed by atoms with Crippen LogP contribution in [0.2, 0.25) is 5.15 Å². The third kappa shape index (κ3) is 3.07. The van der Waals surface area contributed by atoms with Gasteiger partial charge in [-0.2, -0.15) is 4.73 Å². The number of rotatable bonds is 2. The fourth-order valence-electron chi connectivity index (χ4n) is 1.11. The molecule has 1 aromatic heterocycles. The minimum Gasteiger partial charge on any atom is -0.618 e. The van der Waals surface area contributed by atoms with Gasteiger partial charge in [0, 0.05) is 11.6 Å². The van der Waals surface area contributed by atoms with Crippen molar-refractivity contribution >= 4 is 21.6 Å². The number of aromatic nitrogens is 1. The van der Waals surface area contributed by atoms with E-state index in [4.69, 9.17) is 11.6 Å². The first-order chi connectivity index (χ1) is 7.13. The summed E-state index contributed by atoms with van der Waals surface area (Å²) in [6, 6.07) is 2.61. The molecule has 0 unspecified atom stereocenters. The molecule has 7 heteroatoms. The van der Waals surface area contributed by atoms with Gasteiger partial charge in [0.05, 0.1) is 0 Å². The monoisotopic (exact) mass is 264 g/mol. The lowest BCUT2D eigenvalue weighted by molar-refractivity contribution is -0.605. The summed E-state index contributed by atoms with van der Waals surface area (Å²) in [5.74, 6) is 0. The average Bonchev–Trinajstić information content (AvgIpc) is 2.05. The van der Waals surface area contributed by atoms with Crippen LogP contribution in [0.5, 0.6) is 0 Å². The molecule has 0 aliphatic carbocycles. The third-order valence-corrected chi connectivity index (χ3v) is 3.87. The Kier molecular flexibility index (Phi) is 3.47. The van der Waals surface area contributed by atoms with E-state index in [1.807, 2.05) is 0 Å². The molecule has 1 rings (SSSR count). The molecule has 0 saturated carbocycles. The van der Waals surface area contributed by atoms with Crippen molar-refractivity contribution in [1.29, 1.82) is 0 Å². The molecule has 0 saturated heterocycles. The molecule has 5 nitrogen and oxygen atoms in total. The summed E-state index contributed by atoms with van der Waals surface area (Å²) in [7, 11) is -3.77. The summed E-state index contributed by atoms with van der Waals surface area (Å²) in [6.07, 6.45) is 1.14. The van der Waals surface area contributed by atoms with Crippen LogP contribution in [0.3, 0.4) is 0 Å². The van der Waals surface area contributed by atoms with E-state index in [0.29, 0.717) is 4.73 Å². The number of pyridine rings is 1. The van der Waals surface area contributed by atoms with Gasteiger partial charge < -0.3 is 5.21 Å². The molecule has 0 bridgehead atoms. The normalized spacial score (nSPS) is 12.8. The Bertz CT molecular complexity index is 494. The van der Waals surface area contributed by atoms with E-state index in [-0.39, 0.29) is 10.0 Å². The molecule has 0 aliphatic rings. The lowest BCUT2D eigenvalue weighted by Crippen LogP contribution is -2.41. The molecular weight excluding hydrogens is 252 g/mol. The highest BCUT2D eigenvalue weighted by Gasteiger charge is 2.27. The molecule has 0 amide bonds. The van der Waals surface area contributed by atoms with Gasteiger partial charge in [-0.15, -0.1) is 0 Å². The topological polar surface area (TPSA) is 73.1 Å². The molecule has 0 aliphatic heterocycles. The maximum atomic E-state index is 11.9. The zero-order chi connectivity index (χ0) is 12.6. The maximum Gasteiger partial charge on any atom is 0.306 e. The predicted octanol–water partition coefficient (Wildman–Crippen LogP) is 1.05. The van der Waals surface area contributed by atoms with E-state index in [9.17, 15) is 13.6 Å². The second-order valence-corrected chi connectivity index (χ2v) is 6.35. The van der Waals surface area contributed by atoms with Crippen LogP contribution in [0.4, 0.5) is 0 Å². The zero-order valence-corrected chi connectivity index (χ0v) is 10.8. The van der Waals surface area contributed by atoms with Gasteiger partial charge in [0.25, 0.3) is 0 Å². The van der Waals surface area contributed by atoms with E-state index in [0.717, 1.165) is 6.20 Å². The molecule has 90 valence electrons. The van der Waals surface area contributed by atoms with Crippen molar-refractivity contribution < 1.29 is 13.1 Å². The van der Waals surface area contributed by atoms with Crippen LogP contribution in [0, 0.1) is 5.21 Å². The Labute approximate surface area is 99.7 Å². The number of sulfonamides is 1. The van der Waals surface area contributed by atoms with Gasteiger partial charge in [0.15, 0.2) is 11.1 Å². The molecule has 16 heavy (non-hydrogen) atoms. The summed E-state index contributed by atoms with van der Waals surface area (Å²) in [6.45, 7) is 5.10. The van der Waals surface area contributed by atoms with Crippen LogP contribution < -0.4 is 9.45 Å². The smallest absolute Gasteiger partial charge is 0.306 e. The van der Waals surface area contributed by atoms with Crippen LogP contribution in [-0.4, -0.2) is 14.0 Å². The first-order valence-corrected chi connectivity index (χ1v) is 6.41. The summed E-state index contributed by atoms with van der Waals surface area (Å²) >= 11 is 5.64. The van der Waals surface area contributed by atoms with E-state index >= 15 is 0 Å². The Morgan fingerprint density at radius 1 is 1.44 bits per heavy atom. The van der Waals surface area contributed by atoms with E-state index in [2.05, 4.69) is 4.72 Å². The summed E-state index contributed by atoms with van der Waals surface area (Å²) in [5.41, 5.74) is -0.633. The van der Waals surface area contributed by atoms with Crippen molar-refractivity contribution in [1.82, 2.24) is 4.72 Å². The number of hydrogen-bond donors (Lipinski definition) is 1. The average molecular weight is 265 g/mol. The first kappa shape index (κ1) is 13.2. The van der Waals surface area contributed by atoms with E-state index < -0.39 is 15.6 Å². The van der Waals surface area contributed by atoms with Crippen molar-refractivity contribution in [3.63, 3.8) is 0 Å². The highest BCUT2D eigenvalue weighted by atomic mass is 35.5. The Balaban J connectivity index is 3.24. The largest absolute Gasteiger partial charge is 0.618 e. The lowest BCUT2D eigenvalue weighted by Gasteiger charge is -2.20. The van der Waals surface area contributed by atoms with Crippen LogP contribution in [0.1, 0.15) is 20.8 Å². The van der Waals surface area contributed by atoms with Gasteiger partial charge in [-0.25, -0.2) is 13.1 Å². The Morgan fingerprint density at radius 3 is 2.50 bits per heavy atom. The van der Waals surface area contributed by atoms with E-state index in [1.165, 1.54) is 12.1 Å². The molecule has 1 N–H and O–H groups in total. The van der Waals surface area contributed by atoms with Crippen molar-refractivity contribution in [2.45, 2.75) is 31.2 Å². The third-order valence-electron chi connectivity index (χ3n) is 1.60. The van der Waals surface area contributed by atoms with Gasteiger partial charge in [-0.3, -0.25) is 0 Å². The molecule has 0 aromatic carbocycles. The van der Waals surface area contributed by atoms with Crippen molar-refractivity contribution in [2.75, 3.05) is 0 Å². The maximum absolute atomic E-state index is 11.9. The van der Waals surface area contributed by atoms with Crippen LogP contribution in [-0.2, 0) is 10.0 Å². The van der Waals surface area contributed by atoms with E-state index in [1.54, 1.807) is 20.8 Å². The predicted molar refractivity (Wildman–Crippen MR) is 60.5 cm³/mol. The summed E-state index contributed by atoms with van der Waals surface area (Å²) < 4.78 is 26.5. The number of hydrogen-bond acceptors (Lipinski definition) is 3. The van der Waals surface area contributed by atoms with Gasteiger partial charge in [0.1, 0.15) is 0 Å². The first-order valence-electron chi connectivity index (χ1n) is 4.55. The number of nitrogens with zero attached hydrogens (tertiary/aromatic N) is 1. The molecule has 1 aromatic rings. The molecule has 0 fully saturated rings. The number of nitrogens with one attached hydrogen (secondary N) is 1. The molecule has 0 radical (unpaired) electrons. The molecule has 0 spiro atoms. The molecular formula is C9H13ClN2O3S.